The fourth-order valence-electron chi connectivity index (χ4n) is 2.88. The molecule has 0 aliphatic rings. The predicted octanol–water partition coefficient (Wildman–Crippen LogP) is 3.38. The van der Waals surface area contributed by atoms with Gasteiger partial charge >= 0.3 is 5.63 Å². The van der Waals surface area contributed by atoms with Crippen LogP contribution in [0.3, 0.4) is 0 Å². The lowest BCUT2D eigenvalue weighted by Gasteiger charge is -2.10. The van der Waals surface area contributed by atoms with Gasteiger partial charge in [0.1, 0.15) is 11.3 Å². The SMILES string of the molecule is CCCCCCOc1ccc(C(=O)NNS(=O)(=O)c2ccc3oc(=O)ccc3c2)cc1. The molecule has 0 spiro atoms. The van der Waals surface area contributed by atoms with Gasteiger partial charge in [0.05, 0.1) is 11.5 Å². The van der Waals surface area contributed by atoms with Crippen molar-refractivity contribution in [2.45, 2.75) is 37.5 Å². The molecule has 0 aliphatic heterocycles. The molecule has 0 unspecified atom stereocenters. The maximum Gasteiger partial charge on any atom is 0.336 e. The standard InChI is InChI=1S/C22H24N2O6S/c1-2-3-4-5-14-29-18-9-6-16(7-10-18)22(26)23-24-31(27,28)19-11-12-20-17(15-19)8-13-21(25)30-20/h6-13,15,24H,2-5,14H2,1H3,(H,23,26). The van der Waals surface area contributed by atoms with Crippen LogP contribution in [0.25, 0.3) is 11.0 Å². The van der Waals surface area contributed by atoms with Crippen molar-refractivity contribution in [3.63, 3.8) is 0 Å². The summed E-state index contributed by atoms with van der Waals surface area (Å²) in [6.07, 6.45) is 4.42. The van der Waals surface area contributed by atoms with Crippen molar-refractivity contribution in [1.29, 1.82) is 0 Å². The Kier molecular flexibility index (Phi) is 7.43. The molecule has 9 heteroatoms. The van der Waals surface area contributed by atoms with Crippen LogP contribution in [0.1, 0.15) is 43.0 Å². The molecule has 0 radical (unpaired) electrons. The van der Waals surface area contributed by atoms with Crippen LogP contribution in [-0.2, 0) is 10.0 Å². The van der Waals surface area contributed by atoms with Gasteiger partial charge in [-0.05, 0) is 55.0 Å². The number of hydrogen-bond donors (Lipinski definition) is 2. The summed E-state index contributed by atoms with van der Waals surface area (Å²) in [4.78, 5) is 25.5. The first-order valence-corrected chi connectivity index (χ1v) is 11.5. The van der Waals surface area contributed by atoms with Crippen LogP contribution < -0.4 is 20.6 Å². The van der Waals surface area contributed by atoms with Gasteiger partial charge in [0, 0.05) is 17.0 Å². The molecule has 0 atom stereocenters. The summed E-state index contributed by atoms with van der Waals surface area (Å²) in [5.41, 5.74) is 2.21. The molecule has 0 fully saturated rings. The van der Waals surface area contributed by atoms with Crippen molar-refractivity contribution in [1.82, 2.24) is 10.3 Å². The van der Waals surface area contributed by atoms with E-state index in [2.05, 4.69) is 17.2 Å². The summed E-state index contributed by atoms with van der Waals surface area (Å²) in [6, 6.07) is 13.1. The van der Waals surface area contributed by atoms with E-state index >= 15 is 0 Å². The van der Waals surface area contributed by atoms with Gasteiger partial charge in [-0.15, -0.1) is 4.83 Å². The van der Waals surface area contributed by atoms with Crippen molar-refractivity contribution >= 4 is 26.9 Å². The van der Waals surface area contributed by atoms with E-state index in [9.17, 15) is 18.0 Å². The highest BCUT2D eigenvalue weighted by atomic mass is 32.2. The number of rotatable bonds is 10. The molecule has 3 rings (SSSR count). The zero-order valence-electron chi connectivity index (χ0n) is 17.1. The Morgan fingerprint density at radius 2 is 1.77 bits per heavy atom. The van der Waals surface area contributed by atoms with Crippen LogP contribution in [0.4, 0.5) is 0 Å². The van der Waals surface area contributed by atoms with E-state index in [1.807, 2.05) is 0 Å². The van der Waals surface area contributed by atoms with Gasteiger partial charge < -0.3 is 9.15 Å². The number of unbranched alkanes of at least 4 members (excludes halogenated alkanes) is 3. The maximum absolute atomic E-state index is 12.5. The summed E-state index contributed by atoms with van der Waals surface area (Å²) in [7, 11) is -4.02. The normalized spacial score (nSPS) is 11.4. The summed E-state index contributed by atoms with van der Waals surface area (Å²) < 4.78 is 35.6. The lowest BCUT2D eigenvalue weighted by molar-refractivity contribution is 0.0945. The fraction of sp³-hybridized carbons (Fsp3) is 0.273. The Morgan fingerprint density at radius 1 is 1.00 bits per heavy atom. The van der Waals surface area contributed by atoms with Gasteiger partial charge in [0.25, 0.3) is 15.9 Å². The average molecular weight is 445 g/mol. The number of fused-ring (bicyclic) bond motifs is 1. The van der Waals surface area contributed by atoms with Crippen molar-refractivity contribution in [3.05, 3.63) is 70.6 Å². The molecule has 0 saturated carbocycles. The summed E-state index contributed by atoms with van der Waals surface area (Å²) in [5, 5.41) is 0.444. The van der Waals surface area contributed by atoms with Crippen LogP contribution in [0.15, 0.2) is 68.7 Å². The average Bonchev–Trinajstić information content (AvgIpc) is 2.77. The highest BCUT2D eigenvalue weighted by Gasteiger charge is 2.17. The third-order valence-electron chi connectivity index (χ3n) is 4.58. The summed E-state index contributed by atoms with van der Waals surface area (Å²) >= 11 is 0. The smallest absolute Gasteiger partial charge is 0.336 e. The molecular formula is C22H24N2O6S. The predicted molar refractivity (Wildman–Crippen MR) is 116 cm³/mol. The minimum absolute atomic E-state index is 0.0824. The van der Waals surface area contributed by atoms with Gasteiger partial charge in [-0.25, -0.2) is 13.2 Å². The van der Waals surface area contributed by atoms with E-state index in [-0.39, 0.29) is 16.0 Å². The molecule has 0 saturated heterocycles. The van der Waals surface area contributed by atoms with E-state index in [1.165, 1.54) is 36.8 Å². The largest absolute Gasteiger partial charge is 0.494 e. The first-order chi connectivity index (χ1) is 14.9. The van der Waals surface area contributed by atoms with Gasteiger partial charge in [-0.2, -0.15) is 0 Å². The van der Waals surface area contributed by atoms with Gasteiger partial charge in [-0.1, -0.05) is 26.2 Å². The number of hydrazine groups is 1. The minimum atomic E-state index is -4.02. The molecule has 3 aromatic rings. The van der Waals surface area contributed by atoms with Crippen LogP contribution in [-0.4, -0.2) is 20.9 Å². The van der Waals surface area contributed by atoms with E-state index in [0.717, 1.165) is 19.3 Å². The number of benzene rings is 2. The molecule has 8 nitrogen and oxygen atoms in total. The number of sulfonamides is 1. The Balaban J connectivity index is 1.58. The molecule has 164 valence electrons. The van der Waals surface area contributed by atoms with E-state index in [1.54, 1.807) is 24.3 Å². The number of nitrogens with one attached hydrogen (secondary N) is 2. The molecule has 31 heavy (non-hydrogen) atoms. The number of carbonyl (C=O) groups is 1. The maximum atomic E-state index is 12.5. The molecule has 2 aromatic carbocycles. The van der Waals surface area contributed by atoms with E-state index in [0.29, 0.717) is 17.7 Å². The number of carbonyl (C=O) groups excluding carboxylic acids is 1. The summed E-state index contributed by atoms with van der Waals surface area (Å²) in [6.45, 7) is 2.76. The molecule has 1 aromatic heterocycles. The van der Waals surface area contributed by atoms with Crippen LogP contribution in [0.5, 0.6) is 5.75 Å². The van der Waals surface area contributed by atoms with Crippen LogP contribution in [0.2, 0.25) is 0 Å². The number of hydrogen-bond acceptors (Lipinski definition) is 6. The first-order valence-electron chi connectivity index (χ1n) is 9.98. The van der Waals surface area contributed by atoms with Crippen molar-refractivity contribution in [2.75, 3.05) is 6.61 Å². The topological polar surface area (TPSA) is 115 Å². The molecule has 0 aliphatic carbocycles. The van der Waals surface area contributed by atoms with Gasteiger partial charge in [0.15, 0.2) is 0 Å². The Morgan fingerprint density at radius 3 is 2.52 bits per heavy atom. The summed E-state index contributed by atoms with van der Waals surface area (Å²) in [5.74, 6) is 0.0429. The van der Waals surface area contributed by atoms with Crippen molar-refractivity contribution < 1.29 is 22.4 Å². The second-order valence-corrected chi connectivity index (χ2v) is 8.63. The molecule has 0 bridgehead atoms. The van der Waals surface area contributed by atoms with Gasteiger partial charge in [0.2, 0.25) is 0 Å². The Bertz CT molecular complexity index is 1200. The number of ether oxygens (including phenoxy) is 1. The Hall–Kier alpha value is -3.17. The fourth-order valence-corrected chi connectivity index (χ4v) is 3.76. The quantitative estimate of drug-likeness (QED) is 0.281. The molecule has 2 N–H and O–H groups in total. The number of amides is 1. The third-order valence-corrected chi connectivity index (χ3v) is 5.83. The van der Waals surface area contributed by atoms with Gasteiger partial charge in [-0.3, -0.25) is 10.2 Å². The monoisotopic (exact) mass is 444 g/mol. The molecular weight excluding hydrogens is 420 g/mol. The van der Waals surface area contributed by atoms with Crippen molar-refractivity contribution in [3.8, 4) is 5.75 Å². The van der Waals surface area contributed by atoms with Crippen molar-refractivity contribution in [2.24, 2.45) is 0 Å². The second kappa shape index (κ2) is 10.2. The third kappa shape index (κ3) is 6.16. The molecule has 1 heterocycles. The Labute approximate surface area is 180 Å². The van der Waals surface area contributed by atoms with Crippen LogP contribution in [0, 0.1) is 0 Å². The second-order valence-electron chi connectivity index (χ2n) is 6.95. The van der Waals surface area contributed by atoms with E-state index < -0.39 is 21.6 Å². The first kappa shape index (κ1) is 22.5. The van der Waals surface area contributed by atoms with E-state index in [4.69, 9.17) is 9.15 Å². The minimum Gasteiger partial charge on any atom is -0.494 e. The highest BCUT2D eigenvalue weighted by molar-refractivity contribution is 7.89. The lowest BCUT2D eigenvalue weighted by atomic mass is 10.2. The zero-order chi connectivity index (χ0) is 22.3. The highest BCUT2D eigenvalue weighted by Crippen LogP contribution is 2.17. The van der Waals surface area contributed by atoms with Crippen LogP contribution >= 0.6 is 0 Å². The lowest BCUT2D eigenvalue weighted by Crippen LogP contribution is -2.41. The zero-order valence-corrected chi connectivity index (χ0v) is 17.9. The molecule has 1 amide bonds.